The van der Waals surface area contributed by atoms with Crippen LogP contribution in [0.3, 0.4) is 0 Å². The lowest BCUT2D eigenvalue weighted by molar-refractivity contribution is 0.520. The summed E-state index contributed by atoms with van der Waals surface area (Å²) in [7, 11) is 5.29. The molecule has 0 amide bonds. The Morgan fingerprint density at radius 3 is 1.89 bits per heavy atom. The lowest BCUT2D eigenvalue weighted by Crippen LogP contribution is -2.25. The van der Waals surface area contributed by atoms with E-state index in [1.807, 2.05) is 0 Å². The Morgan fingerprint density at radius 2 is 1.67 bits per heavy atom. The number of hydrogen-bond donors (Lipinski definition) is 1. The van der Waals surface area contributed by atoms with Crippen LogP contribution in [0.2, 0.25) is 0 Å². The fourth-order valence-electron chi connectivity index (χ4n) is 1.01. The standard InChI is InChI=1S/C7H16BN/c1-3-5-7(9-8)6-4-2/h7,9H,3-6H2,1-2H3. The third-order valence-corrected chi connectivity index (χ3v) is 1.51. The van der Waals surface area contributed by atoms with Crippen LogP contribution in [0.1, 0.15) is 39.5 Å². The predicted molar refractivity (Wildman–Crippen MR) is 42.5 cm³/mol. The van der Waals surface area contributed by atoms with Crippen LogP contribution in [0.4, 0.5) is 0 Å². The second kappa shape index (κ2) is 6.15. The summed E-state index contributed by atoms with van der Waals surface area (Å²) >= 11 is 0. The van der Waals surface area contributed by atoms with Crippen LogP contribution < -0.4 is 5.23 Å². The summed E-state index contributed by atoms with van der Waals surface area (Å²) in [6.07, 6.45) is 4.83. The lowest BCUT2D eigenvalue weighted by atomic mass is 10.1. The van der Waals surface area contributed by atoms with Crippen molar-refractivity contribution < 1.29 is 0 Å². The van der Waals surface area contributed by atoms with Gasteiger partial charge in [0.1, 0.15) is 0 Å². The Hall–Kier alpha value is 0.0249. The molecular formula is C7H16BN. The first kappa shape index (κ1) is 9.02. The maximum Gasteiger partial charge on any atom is 0.178 e. The van der Waals surface area contributed by atoms with Crippen LogP contribution in [0, 0.1) is 0 Å². The normalized spacial score (nSPS) is 10.6. The van der Waals surface area contributed by atoms with Crippen molar-refractivity contribution in [3.05, 3.63) is 0 Å². The molecule has 0 saturated heterocycles. The molecule has 0 aliphatic carbocycles. The van der Waals surface area contributed by atoms with Crippen LogP contribution in [0.25, 0.3) is 0 Å². The molecular weight excluding hydrogens is 109 g/mol. The van der Waals surface area contributed by atoms with Crippen molar-refractivity contribution in [2.75, 3.05) is 0 Å². The van der Waals surface area contributed by atoms with Gasteiger partial charge in [0.05, 0.1) is 0 Å². The second-order valence-corrected chi connectivity index (χ2v) is 2.44. The van der Waals surface area contributed by atoms with E-state index < -0.39 is 0 Å². The zero-order chi connectivity index (χ0) is 7.11. The van der Waals surface area contributed by atoms with Gasteiger partial charge in [0, 0.05) is 0 Å². The highest BCUT2D eigenvalue weighted by Gasteiger charge is 2.00. The van der Waals surface area contributed by atoms with E-state index in [2.05, 4.69) is 19.1 Å². The van der Waals surface area contributed by atoms with Gasteiger partial charge in [0.15, 0.2) is 7.98 Å². The molecule has 0 unspecified atom stereocenters. The topological polar surface area (TPSA) is 12.0 Å². The van der Waals surface area contributed by atoms with E-state index in [4.69, 9.17) is 7.98 Å². The molecule has 2 radical (unpaired) electrons. The zero-order valence-electron chi connectivity index (χ0n) is 6.48. The SMILES string of the molecule is [B]NC(CCC)CCC. The molecule has 0 bridgehead atoms. The summed E-state index contributed by atoms with van der Waals surface area (Å²) in [5.41, 5.74) is 0. The molecule has 0 spiro atoms. The first-order chi connectivity index (χ1) is 4.35. The van der Waals surface area contributed by atoms with Crippen molar-refractivity contribution in [1.29, 1.82) is 0 Å². The minimum atomic E-state index is 0.542. The molecule has 1 nitrogen and oxygen atoms in total. The Morgan fingerprint density at radius 1 is 1.22 bits per heavy atom. The first-order valence-corrected chi connectivity index (χ1v) is 3.81. The molecule has 0 aromatic rings. The molecule has 0 saturated carbocycles. The monoisotopic (exact) mass is 125 g/mol. The van der Waals surface area contributed by atoms with E-state index in [0.29, 0.717) is 6.04 Å². The highest BCUT2D eigenvalue weighted by atomic mass is 14.8. The Bertz CT molecular complexity index is 50.9. The molecule has 0 rings (SSSR count). The van der Waals surface area contributed by atoms with E-state index in [1.54, 1.807) is 0 Å². The van der Waals surface area contributed by atoms with Gasteiger partial charge in [-0.25, -0.2) is 0 Å². The predicted octanol–water partition coefficient (Wildman–Crippen LogP) is 1.63. The molecule has 9 heavy (non-hydrogen) atoms. The quantitative estimate of drug-likeness (QED) is 0.550. The van der Waals surface area contributed by atoms with Gasteiger partial charge in [-0.3, -0.25) is 0 Å². The van der Waals surface area contributed by atoms with E-state index >= 15 is 0 Å². The zero-order valence-corrected chi connectivity index (χ0v) is 6.48. The molecule has 0 heterocycles. The van der Waals surface area contributed by atoms with Gasteiger partial charge >= 0.3 is 0 Å². The van der Waals surface area contributed by atoms with Crippen molar-refractivity contribution in [3.63, 3.8) is 0 Å². The first-order valence-electron chi connectivity index (χ1n) is 3.81. The summed E-state index contributed by atoms with van der Waals surface area (Å²) < 4.78 is 0. The third kappa shape index (κ3) is 4.52. The summed E-state index contributed by atoms with van der Waals surface area (Å²) in [5, 5.41) is 2.80. The maximum atomic E-state index is 5.29. The van der Waals surface area contributed by atoms with Crippen molar-refractivity contribution in [2.45, 2.75) is 45.6 Å². The van der Waals surface area contributed by atoms with Gasteiger partial charge in [0.2, 0.25) is 0 Å². The minimum absolute atomic E-state index is 0.542. The fourth-order valence-corrected chi connectivity index (χ4v) is 1.01. The molecule has 0 aliphatic heterocycles. The summed E-state index contributed by atoms with van der Waals surface area (Å²) in [6, 6.07) is 0.542. The van der Waals surface area contributed by atoms with Gasteiger partial charge in [-0.2, -0.15) is 0 Å². The molecule has 0 fully saturated rings. The van der Waals surface area contributed by atoms with Crippen LogP contribution in [-0.4, -0.2) is 14.0 Å². The van der Waals surface area contributed by atoms with E-state index in [1.165, 1.54) is 25.7 Å². The molecule has 1 N–H and O–H groups in total. The Kier molecular flexibility index (Phi) is 6.17. The van der Waals surface area contributed by atoms with Gasteiger partial charge in [-0.1, -0.05) is 26.7 Å². The third-order valence-electron chi connectivity index (χ3n) is 1.51. The average molecular weight is 125 g/mol. The summed E-state index contributed by atoms with van der Waals surface area (Å²) in [6.45, 7) is 4.36. The van der Waals surface area contributed by atoms with Crippen molar-refractivity contribution in [3.8, 4) is 0 Å². The van der Waals surface area contributed by atoms with Crippen LogP contribution in [0.15, 0.2) is 0 Å². The second-order valence-electron chi connectivity index (χ2n) is 2.44. The number of rotatable bonds is 5. The van der Waals surface area contributed by atoms with E-state index in [-0.39, 0.29) is 0 Å². The molecule has 0 aliphatic rings. The lowest BCUT2D eigenvalue weighted by Gasteiger charge is -2.13. The fraction of sp³-hybridized carbons (Fsp3) is 1.00. The molecule has 0 aromatic heterocycles. The Labute approximate surface area is 59.7 Å². The minimum Gasteiger partial charge on any atom is -0.364 e. The average Bonchev–Trinajstić information content (AvgIpc) is 1.88. The molecule has 0 aromatic carbocycles. The smallest absolute Gasteiger partial charge is 0.178 e. The van der Waals surface area contributed by atoms with Crippen molar-refractivity contribution >= 4 is 7.98 Å². The van der Waals surface area contributed by atoms with Crippen molar-refractivity contribution in [2.24, 2.45) is 0 Å². The maximum absolute atomic E-state index is 5.29. The van der Waals surface area contributed by atoms with Crippen molar-refractivity contribution in [1.82, 2.24) is 5.23 Å². The molecule has 0 atom stereocenters. The highest BCUT2D eigenvalue weighted by molar-refractivity contribution is 6.04. The van der Waals surface area contributed by atoms with E-state index in [0.717, 1.165) is 0 Å². The van der Waals surface area contributed by atoms with Gasteiger partial charge in [-0.05, 0) is 18.9 Å². The Balaban J connectivity index is 3.18. The summed E-state index contributed by atoms with van der Waals surface area (Å²) in [5.74, 6) is 0. The van der Waals surface area contributed by atoms with Gasteiger partial charge < -0.3 is 5.23 Å². The van der Waals surface area contributed by atoms with Crippen LogP contribution in [0.5, 0.6) is 0 Å². The van der Waals surface area contributed by atoms with Gasteiger partial charge in [0.25, 0.3) is 0 Å². The van der Waals surface area contributed by atoms with E-state index in [9.17, 15) is 0 Å². The number of nitrogens with one attached hydrogen (secondary N) is 1. The highest BCUT2D eigenvalue weighted by Crippen LogP contribution is 2.02. The molecule has 2 heteroatoms. The van der Waals surface area contributed by atoms with Crippen LogP contribution in [-0.2, 0) is 0 Å². The largest absolute Gasteiger partial charge is 0.364 e. The summed E-state index contributed by atoms with van der Waals surface area (Å²) in [4.78, 5) is 0. The number of hydrogen-bond acceptors (Lipinski definition) is 1. The van der Waals surface area contributed by atoms with Crippen LogP contribution >= 0.6 is 0 Å². The molecule has 52 valence electrons. The van der Waals surface area contributed by atoms with Gasteiger partial charge in [-0.15, -0.1) is 0 Å².